The molecule has 6 nitrogen and oxygen atoms in total. The summed E-state index contributed by atoms with van der Waals surface area (Å²) in [6.07, 6.45) is 0. The SMILES string of the molecule is O=C1NCC(C(=O)NC(c2ccccc2)c2cc3ccccc3o2)N1. The van der Waals surface area contributed by atoms with Crippen molar-refractivity contribution in [1.82, 2.24) is 16.0 Å². The van der Waals surface area contributed by atoms with Crippen molar-refractivity contribution in [2.45, 2.75) is 12.1 Å². The normalized spacial score (nSPS) is 17.8. The third kappa shape index (κ3) is 3.06. The molecule has 2 atom stereocenters. The van der Waals surface area contributed by atoms with Crippen LogP contribution in [0.5, 0.6) is 0 Å². The van der Waals surface area contributed by atoms with Gasteiger partial charge in [-0.15, -0.1) is 0 Å². The molecule has 1 fully saturated rings. The molecule has 1 aliphatic rings. The molecular formula is C19H17N3O3. The second kappa shape index (κ2) is 6.32. The summed E-state index contributed by atoms with van der Waals surface area (Å²) in [5, 5.41) is 9.15. The predicted octanol–water partition coefficient (Wildman–Crippen LogP) is 2.32. The van der Waals surface area contributed by atoms with Crippen molar-refractivity contribution < 1.29 is 14.0 Å². The zero-order valence-electron chi connectivity index (χ0n) is 13.4. The number of fused-ring (bicyclic) bond motifs is 1. The van der Waals surface area contributed by atoms with Crippen molar-refractivity contribution in [2.75, 3.05) is 6.54 Å². The van der Waals surface area contributed by atoms with Crippen LogP contribution >= 0.6 is 0 Å². The molecule has 1 saturated heterocycles. The first kappa shape index (κ1) is 15.3. The van der Waals surface area contributed by atoms with E-state index in [1.165, 1.54) is 0 Å². The average Bonchev–Trinajstić information content (AvgIpc) is 3.26. The third-order valence-corrected chi connectivity index (χ3v) is 4.24. The minimum Gasteiger partial charge on any atom is -0.459 e. The van der Waals surface area contributed by atoms with Crippen LogP contribution in [0, 0.1) is 0 Å². The highest BCUT2D eigenvalue weighted by molar-refractivity contribution is 5.90. The van der Waals surface area contributed by atoms with Gasteiger partial charge in [-0.3, -0.25) is 4.79 Å². The Kier molecular flexibility index (Phi) is 3.85. The number of carbonyl (C=O) groups is 2. The van der Waals surface area contributed by atoms with E-state index in [1.807, 2.05) is 60.7 Å². The Morgan fingerprint density at radius 1 is 1.12 bits per heavy atom. The molecule has 2 aromatic carbocycles. The van der Waals surface area contributed by atoms with Crippen LogP contribution in [-0.2, 0) is 4.79 Å². The van der Waals surface area contributed by atoms with Gasteiger partial charge in [0.25, 0.3) is 0 Å². The molecule has 2 heterocycles. The van der Waals surface area contributed by atoms with Gasteiger partial charge in [0.05, 0.1) is 0 Å². The lowest BCUT2D eigenvalue weighted by Gasteiger charge is -2.19. The number of hydrogen-bond donors (Lipinski definition) is 3. The summed E-state index contributed by atoms with van der Waals surface area (Å²) in [5.74, 6) is 0.394. The minimum absolute atomic E-state index is 0.257. The maximum Gasteiger partial charge on any atom is 0.315 e. The van der Waals surface area contributed by atoms with E-state index in [0.29, 0.717) is 5.76 Å². The first-order valence-electron chi connectivity index (χ1n) is 8.09. The highest BCUT2D eigenvalue weighted by atomic mass is 16.3. The van der Waals surface area contributed by atoms with Gasteiger partial charge >= 0.3 is 6.03 Å². The van der Waals surface area contributed by atoms with Crippen molar-refractivity contribution in [3.63, 3.8) is 0 Å². The van der Waals surface area contributed by atoms with Crippen LogP contribution in [-0.4, -0.2) is 24.5 Å². The molecule has 1 aromatic heterocycles. The molecular weight excluding hydrogens is 318 g/mol. The van der Waals surface area contributed by atoms with Gasteiger partial charge < -0.3 is 20.4 Å². The Hall–Kier alpha value is -3.28. The van der Waals surface area contributed by atoms with Gasteiger partial charge in [-0.2, -0.15) is 0 Å². The van der Waals surface area contributed by atoms with Gasteiger partial charge in [0.2, 0.25) is 5.91 Å². The summed E-state index contributed by atoms with van der Waals surface area (Å²) in [5.41, 5.74) is 1.68. The summed E-state index contributed by atoms with van der Waals surface area (Å²) in [6, 6.07) is 17.9. The predicted molar refractivity (Wildman–Crippen MR) is 93.0 cm³/mol. The summed E-state index contributed by atoms with van der Waals surface area (Å²) in [7, 11) is 0. The van der Waals surface area contributed by atoms with E-state index in [0.717, 1.165) is 16.5 Å². The average molecular weight is 335 g/mol. The number of benzene rings is 2. The molecule has 1 aliphatic heterocycles. The molecule has 25 heavy (non-hydrogen) atoms. The molecule has 3 amide bonds. The standard InChI is InChI=1S/C19H17N3O3/c23-18(14-11-20-19(24)21-14)22-17(12-6-2-1-3-7-12)16-10-13-8-4-5-9-15(13)25-16/h1-10,14,17H,11H2,(H,22,23)(H2,20,21,24). The van der Waals surface area contributed by atoms with Crippen LogP contribution in [0.4, 0.5) is 4.79 Å². The number of furan rings is 1. The van der Waals surface area contributed by atoms with Gasteiger partial charge in [-0.05, 0) is 17.7 Å². The fraction of sp³-hybridized carbons (Fsp3) is 0.158. The molecule has 4 rings (SSSR count). The molecule has 0 saturated carbocycles. The molecule has 6 heteroatoms. The molecule has 3 N–H and O–H groups in total. The number of hydrogen-bond acceptors (Lipinski definition) is 3. The topological polar surface area (TPSA) is 83.4 Å². The van der Waals surface area contributed by atoms with E-state index in [4.69, 9.17) is 4.42 Å². The van der Waals surface area contributed by atoms with Gasteiger partial charge in [0.15, 0.2) is 0 Å². The molecule has 0 aliphatic carbocycles. The van der Waals surface area contributed by atoms with E-state index in [-0.39, 0.29) is 18.5 Å². The molecule has 0 bridgehead atoms. The summed E-state index contributed by atoms with van der Waals surface area (Å²) in [4.78, 5) is 23.8. The van der Waals surface area contributed by atoms with E-state index in [1.54, 1.807) is 0 Å². The van der Waals surface area contributed by atoms with Gasteiger partial charge in [-0.1, -0.05) is 48.5 Å². The molecule has 126 valence electrons. The Morgan fingerprint density at radius 2 is 1.88 bits per heavy atom. The van der Waals surface area contributed by atoms with Crippen LogP contribution in [0.2, 0.25) is 0 Å². The van der Waals surface area contributed by atoms with Crippen molar-refractivity contribution in [1.29, 1.82) is 0 Å². The van der Waals surface area contributed by atoms with Crippen molar-refractivity contribution in [2.24, 2.45) is 0 Å². The minimum atomic E-state index is -0.594. The largest absolute Gasteiger partial charge is 0.459 e. The quantitative estimate of drug-likeness (QED) is 0.684. The Labute approximate surface area is 144 Å². The monoisotopic (exact) mass is 335 g/mol. The number of urea groups is 1. The molecule has 0 radical (unpaired) electrons. The van der Waals surface area contributed by atoms with E-state index in [2.05, 4.69) is 16.0 Å². The zero-order chi connectivity index (χ0) is 17.2. The Balaban J connectivity index is 1.67. The highest BCUT2D eigenvalue weighted by Gasteiger charge is 2.30. The summed E-state index contributed by atoms with van der Waals surface area (Å²) < 4.78 is 5.95. The number of carbonyl (C=O) groups excluding carboxylic acids is 2. The lowest BCUT2D eigenvalue weighted by atomic mass is 10.0. The Bertz CT molecular complexity index is 887. The number of rotatable bonds is 4. The van der Waals surface area contributed by atoms with E-state index in [9.17, 15) is 9.59 Å². The summed E-state index contributed by atoms with van der Waals surface area (Å²) in [6.45, 7) is 0.270. The van der Waals surface area contributed by atoms with Crippen LogP contribution < -0.4 is 16.0 Å². The van der Waals surface area contributed by atoms with Crippen LogP contribution in [0.15, 0.2) is 65.1 Å². The van der Waals surface area contributed by atoms with Crippen molar-refractivity contribution in [3.05, 3.63) is 72.0 Å². The first-order chi connectivity index (χ1) is 12.2. The second-order valence-electron chi connectivity index (χ2n) is 5.95. The van der Waals surface area contributed by atoms with Crippen LogP contribution in [0.3, 0.4) is 0 Å². The smallest absolute Gasteiger partial charge is 0.315 e. The fourth-order valence-electron chi connectivity index (χ4n) is 2.97. The van der Waals surface area contributed by atoms with Crippen molar-refractivity contribution in [3.8, 4) is 0 Å². The lowest BCUT2D eigenvalue weighted by molar-refractivity contribution is -0.123. The summed E-state index contributed by atoms with van der Waals surface area (Å²) >= 11 is 0. The van der Waals surface area contributed by atoms with Gasteiger partial charge in [0, 0.05) is 11.9 Å². The van der Waals surface area contributed by atoms with Crippen LogP contribution in [0.25, 0.3) is 11.0 Å². The first-order valence-corrected chi connectivity index (χ1v) is 8.09. The maximum atomic E-state index is 12.6. The van der Waals surface area contributed by atoms with Gasteiger partial charge in [-0.25, -0.2) is 4.79 Å². The second-order valence-corrected chi connectivity index (χ2v) is 5.95. The zero-order valence-corrected chi connectivity index (χ0v) is 13.4. The molecule has 0 spiro atoms. The number of para-hydroxylation sites is 1. The van der Waals surface area contributed by atoms with Crippen LogP contribution in [0.1, 0.15) is 17.4 Å². The van der Waals surface area contributed by atoms with Gasteiger partial charge in [0.1, 0.15) is 23.4 Å². The number of nitrogens with one attached hydrogen (secondary N) is 3. The lowest BCUT2D eigenvalue weighted by Crippen LogP contribution is -2.44. The fourth-order valence-corrected chi connectivity index (χ4v) is 2.97. The van der Waals surface area contributed by atoms with Crippen molar-refractivity contribution >= 4 is 22.9 Å². The third-order valence-electron chi connectivity index (χ3n) is 4.24. The van der Waals surface area contributed by atoms with E-state index >= 15 is 0 Å². The maximum absolute atomic E-state index is 12.6. The van der Waals surface area contributed by atoms with E-state index < -0.39 is 12.1 Å². The molecule has 3 aromatic rings. The highest BCUT2D eigenvalue weighted by Crippen LogP contribution is 2.28. The number of amides is 3. The molecule has 2 unspecified atom stereocenters. The Morgan fingerprint density at radius 3 is 2.60 bits per heavy atom.